The molecule has 1 aliphatic rings. The van der Waals surface area contributed by atoms with Gasteiger partial charge in [-0.3, -0.25) is 9.59 Å². The molecule has 5 heteroatoms. The maximum absolute atomic E-state index is 12.6. The van der Waals surface area contributed by atoms with Crippen molar-refractivity contribution < 1.29 is 14.7 Å². The third-order valence-electron chi connectivity index (χ3n) is 4.10. The fourth-order valence-corrected chi connectivity index (χ4v) is 3.11. The topological polar surface area (TPSA) is 60.9 Å². The molecule has 0 radical (unpaired) electrons. The van der Waals surface area contributed by atoms with Crippen molar-refractivity contribution in [2.75, 3.05) is 26.7 Å². The molecular formula is C19H28N2O3. The van der Waals surface area contributed by atoms with Crippen molar-refractivity contribution in [1.29, 1.82) is 0 Å². The lowest BCUT2D eigenvalue weighted by Gasteiger charge is -2.30. The average molecular weight is 332 g/mol. The summed E-state index contributed by atoms with van der Waals surface area (Å²) in [5, 5.41) is 9.74. The summed E-state index contributed by atoms with van der Waals surface area (Å²) in [7, 11) is 1.78. The van der Waals surface area contributed by atoms with Crippen molar-refractivity contribution in [3.8, 4) is 0 Å². The molecule has 0 saturated carbocycles. The summed E-state index contributed by atoms with van der Waals surface area (Å²) in [5.74, 6) is -0.208. The van der Waals surface area contributed by atoms with E-state index in [9.17, 15) is 14.7 Å². The third-order valence-corrected chi connectivity index (χ3v) is 4.10. The molecule has 5 nitrogen and oxygen atoms in total. The summed E-state index contributed by atoms with van der Waals surface area (Å²) >= 11 is 0. The number of carbonyl (C=O) groups is 2. The maximum atomic E-state index is 12.6. The zero-order chi connectivity index (χ0) is 17.9. The predicted molar refractivity (Wildman–Crippen MR) is 94.0 cm³/mol. The van der Waals surface area contributed by atoms with Crippen LogP contribution in [0.4, 0.5) is 0 Å². The lowest BCUT2D eigenvalue weighted by Crippen LogP contribution is -2.42. The standard InChI is InChI=1S/C19H28N2O3/c1-19(2,3)13-20(4)17(23)14-7-5-8-15(11-14)18(24)21-10-6-9-16(22)12-21/h5,7-8,11,16,22H,6,9-10,12-13H2,1-4H3. The van der Waals surface area contributed by atoms with Crippen LogP contribution in [0.1, 0.15) is 54.3 Å². The minimum Gasteiger partial charge on any atom is -0.391 e. The van der Waals surface area contributed by atoms with Crippen LogP contribution in [0, 0.1) is 5.41 Å². The number of nitrogens with zero attached hydrogens (tertiary/aromatic N) is 2. The Morgan fingerprint density at radius 1 is 1.29 bits per heavy atom. The van der Waals surface area contributed by atoms with E-state index in [0.29, 0.717) is 30.8 Å². The molecule has 1 unspecified atom stereocenters. The molecule has 1 N–H and O–H groups in total. The van der Waals surface area contributed by atoms with E-state index in [0.717, 1.165) is 12.8 Å². The predicted octanol–water partition coefficient (Wildman–Crippen LogP) is 2.40. The Morgan fingerprint density at radius 3 is 2.58 bits per heavy atom. The lowest BCUT2D eigenvalue weighted by molar-refractivity contribution is 0.0473. The van der Waals surface area contributed by atoms with Gasteiger partial charge in [-0.1, -0.05) is 26.8 Å². The largest absolute Gasteiger partial charge is 0.391 e. The molecule has 132 valence electrons. The molecule has 24 heavy (non-hydrogen) atoms. The van der Waals surface area contributed by atoms with Gasteiger partial charge in [0.15, 0.2) is 0 Å². The van der Waals surface area contributed by atoms with E-state index in [4.69, 9.17) is 0 Å². The van der Waals surface area contributed by atoms with Gasteiger partial charge < -0.3 is 14.9 Å². The molecule has 1 aliphatic heterocycles. The van der Waals surface area contributed by atoms with Crippen LogP contribution in [0.15, 0.2) is 24.3 Å². The Morgan fingerprint density at radius 2 is 1.96 bits per heavy atom. The Labute approximate surface area is 144 Å². The van der Waals surface area contributed by atoms with Gasteiger partial charge in [0.05, 0.1) is 6.10 Å². The highest BCUT2D eigenvalue weighted by Gasteiger charge is 2.24. The quantitative estimate of drug-likeness (QED) is 0.924. The van der Waals surface area contributed by atoms with Gasteiger partial charge >= 0.3 is 0 Å². The van der Waals surface area contributed by atoms with Crippen LogP contribution in [0.2, 0.25) is 0 Å². The Kier molecular flexibility index (Phi) is 5.65. The number of likely N-dealkylation sites (tertiary alicyclic amines) is 1. The Hall–Kier alpha value is -1.88. The molecular weight excluding hydrogens is 304 g/mol. The molecule has 0 aliphatic carbocycles. The third kappa shape index (κ3) is 4.81. The fourth-order valence-electron chi connectivity index (χ4n) is 3.11. The zero-order valence-electron chi connectivity index (χ0n) is 15.1. The van der Waals surface area contributed by atoms with Crippen molar-refractivity contribution in [2.24, 2.45) is 5.41 Å². The van der Waals surface area contributed by atoms with Crippen LogP contribution in [0.25, 0.3) is 0 Å². The van der Waals surface area contributed by atoms with Crippen LogP contribution >= 0.6 is 0 Å². The second-order valence-corrected chi connectivity index (χ2v) is 7.85. The first kappa shape index (κ1) is 18.5. The average Bonchev–Trinajstić information content (AvgIpc) is 2.52. The number of aliphatic hydroxyl groups is 1. The van der Waals surface area contributed by atoms with Crippen molar-refractivity contribution in [1.82, 2.24) is 9.80 Å². The van der Waals surface area contributed by atoms with Gasteiger partial charge in [-0.2, -0.15) is 0 Å². The first-order valence-electron chi connectivity index (χ1n) is 8.50. The minimum atomic E-state index is -0.453. The van der Waals surface area contributed by atoms with Crippen LogP contribution in [-0.4, -0.2) is 59.5 Å². The summed E-state index contributed by atoms with van der Waals surface area (Å²) in [6.45, 7) is 7.90. The van der Waals surface area contributed by atoms with E-state index >= 15 is 0 Å². The molecule has 1 atom stereocenters. The van der Waals surface area contributed by atoms with E-state index in [1.807, 2.05) is 0 Å². The van der Waals surface area contributed by atoms with E-state index in [1.54, 1.807) is 41.1 Å². The van der Waals surface area contributed by atoms with Gasteiger partial charge in [-0.25, -0.2) is 0 Å². The molecule has 1 heterocycles. The molecule has 1 saturated heterocycles. The van der Waals surface area contributed by atoms with Crippen LogP contribution < -0.4 is 0 Å². The van der Waals surface area contributed by atoms with Crippen molar-refractivity contribution in [3.05, 3.63) is 35.4 Å². The number of amides is 2. The highest BCUT2D eigenvalue weighted by atomic mass is 16.3. The number of hydrogen-bond acceptors (Lipinski definition) is 3. The van der Waals surface area contributed by atoms with Crippen LogP contribution in [0.5, 0.6) is 0 Å². The number of aliphatic hydroxyl groups excluding tert-OH is 1. The molecule has 1 fully saturated rings. The van der Waals surface area contributed by atoms with Gasteiger partial charge in [-0.05, 0) is 36.5 Å². The fraction of sp³-hybridized carbons (Fsp3) is 0.579. The number of benzene rings is 1. The van der Waals surface area contributed by atoms with Crippen molar-refractivity contribution in [3.63, 3.8) is 0 Å². The van der Waals surface area contributed by atoms with E-state index in [-0.39, 0.29) is 17.2 Å². The summed E-state index contributed by atoms with van der Waals surface area (Å²) in [4.78, 5) is 28.5. The monoisotopic (exact) mass is 332 g/mol. The van der Waals surface area contributed by atoms with Gasteiger partial charge in [0.1, 0.15) is 0 Å². The smallest absolute Gasteiger partial charge is 0.253 e. The van der Waals surface area contributed by atoms with Gasteiger partial charge in [-0.15, -0.1) is 0 Å². The Balaban J connectivity index is 2.13. The van der Waals surface area contributed by atoms with Gasteiger partial charge in [0, 0.05) is 37.8 Å². The van der Waals surface area contributed by atoms with Crippen molar-refractivity contribution in [2.45, 2.75) is 39.7 Å². The highest BCUT2D eigenvalue weighted by molar-refractivity contribution is 5.99. The van der Waals surface area contributed by atoms with Gasteiger partial charge in [0.2, 0.25) is 0 Å². The number of piperidine rings is 1. The molecule has 0 aromatic heterocycles. The van der Waals surface area contributed by atoms with Crippen molar-refractivity contribution >= 4 is 11.8 Å². The number of rotatable bonds is 3. The lowest BCUT2D eigenvalue weighted by atomic mass is 9.96. The summed E-state index contributed by atoms with van der Waals surface area (Å²) in [6, 6.07) is 6.86. The van der Waals surface area contributed by atoms with Crippen LogP contribution in [-0.2, 0) is 0 Å². The normalized spacial score (nSPS) is 18.4. The highest BCUT2D eigenvalue weighted by Crippen LogP contribution is 2.18. The van der Waals surface area contributed by atoms with Gasteiger partial charge in [0.25, 0.3) is 11.8 Å². The van der Waals surface area contributed by atoms with E-state index in [2.05, 4.69) is 20.8 Å². The Bertz CT molecular complexity index is 607. The molecule has 0 spiro atoms. The first-order valence-corrected chi connectivity index (χ1v) is 8.50. The molecule has 1 aromatic rings. The molecule has 2 rings (SSSR count). The molecule has 0 bridgehead atoms. The number of hydrogen-bond donors (Lipinski definition) is 1. The SMILES string of the molecule is CN(CC(C)(C)C)C(=O)c1cccc(C(=O)N2CCCC(O)C2)c1. The summed E-state index contributed by atoms with van der Waals surface area (Å²) < 4.78 is 0. The van der Waals surface area contributed by atoms with E-state index < -0.39 is 6.10 Å². The number of carbonyl (C=O) groups excluding carboxylic acids is 2. The summed E-state index contributed by atoms with van der Waals surface area (Å²) in [5.41, 5.74) is 1.03. The zero-order valence-corrected chi connectivity index (χ0v) is 15.1. The second kappa shape index (κ2) is 7.34. The first-order chi connectivity index (χ1) is 11.2. The molecule has 2 amide bonds. The second-order valence-electron chi connectivity index (χ2n) is 7.85. The molecule has 1 aromatic carbocycles. The van der Waals surface area contributed by atoms with E-state index in [1.165, 1.54) is 0 Å². The minimum absolute atomic E-state index is 0.0157. The number of β-amino-alcohol motifs (C(OH)–C–C–N with tert-alkyl or cyclic N) is 1. The summed E-state index contributed by atoms with van der Waals surface area (Å²) in [6.07, 6.45) is 1.09. The maximum Gasteiger partial charge on any atom is 0.253 e. The van der Waals surface area contributed by atoms with Crippen LogP contribution in [0.3, 0.4) is 0 Å².